The summed E-state index contributed by atoms with van der Waals surface area (Å²) >= 11 is 0. The van der Waals surface area contributed by atoms with Gasteiger partial charge in [0.25, 0.3) is 0 Å². The molecule has 0 aliphatic rings. The van der Waals surface area contributed by atoms with E-state index in [0.29, 0.717) is 5.25 Å². The van der Waals surface area contributed by atoms with Crippen molar-refractivity contribution in [3.05, 3.63) is 0 Å². The van der Waals surface area contributed by atoms with Gasteiger partial charge in [0.05, 0.1) is 5.41 Å². The summed E-state index contributed by atoms with van der Waals surface area (Å²) in [5.41, 5.74) is -0.541. The monoisotopic (exact) mass is 262 g/mol. The third-order valence-corrected chi connectivity index (χ3v) is 7.62. The summed E-state index contributed by atoms with van der Waals surface area (Å²) in [4.78, 5) is 11.2. The highest BCUT2D eigenvalue weighted by molar-refractivity contribution is 8.33. The van der Waals surface area contributed by atoms with Crippen molar-refractivity contribution in [1.82, 2.24) is 0 Å². The van der Waals surface area contributed by atoms with Gasteiger partial charge in [0, 0.05) is 0 Å². The molecular weight excluding hydrogens is 232 g/mol. The van der Waals surface area contributed by atoms with Gasteiger partial charge in [-0.3, -0.25) is 4.79 Å². The molecule has 104 valence electrons. The Bertz CT molecular complexity index is 278. The van der Waals surface area contributed by atoms with Crippen LogP contribution in [0.1, 0.15) is 48.0 Å². The molecule has 0 spiro atoms. The van der Waals surface area contributed by atoms with E-state index in [1.165, 1.54) is 0 Å². The van der Waals surface area contributed by atoms with Crippen LogP contribution in [-0.2, 0) is 4.79 Å². The van der Waals surface area contributed by atoms with Crippen molar-refractivity contribution in [2.45, 2.75) is 53.2 Å². The molecule has 2 nitrogen and oxygen atoms in total. The first-order valence-corrected chi connectivity index (χ1v) is 8.92. The smallest absolute Gasteiger partial charge is 0.309 e. The predicted molar refractivity (Wildman–Crippen MR) is 79.3 cm³/mol. The summed E-state index contributed by atoms with van der Waals surface area (Å²) in [7, 11) is -0.647. The molecule has 0 saturated carbocycles. The van der Waals surface area contributed by atoms with Gasteiger partial charge in [-0.05, 0) is 49.2 Å². The zero-order chi connectivity index (χ0) is 14.1. The molecule has 17 heavy (non-hydrogen) atoms. The fourth-order valence-corrected chi connectivity index (χ4v) is 4.95. The third-order valence-electron chi connectivity index (χ3n) is 3.54. The van der Waals surface area contributed by atoms with Crippen LogP contribution >= 0.6 is 10.0 Å². The van der Waals surface area contributed by atoms with Crippen molar-refractivity contribution in [2.24, 2.45) is 10.8 Å². The Kier molecular flexibility index (Phi) is 5.16. The normalized spacial score (nSPS) is 15.1. The van der Waals surface area contributed by atoms with Gasteiger partial charge in [-0.1, -0.05) is 27.7 Å². The van der Waals surface area contributed by atoms with Crippen molar-refractivity contribution in [2.75, 3.05) is 18.3 Å². The Morgan fingerprint density at radius 2 is 1.59 bits per heavy atom. The van der Waals surface area contributed by atoms with E-state index < -0.39 is 21.4 Å². The quantitative estimate of drug-likeness (QED) is 0.786. The second kappa shape index (κ2) is 5.21. The Morgan fingerprint density at radius 1 is 1.18 bits per heavy atom. The zero-order valence-electron chi connectivity index (χ0n) is 12.8. The lowest BCUT2D eigenvalue weighted by atomic mass is 9.76. The topological polar surface area (TPSA) is 37.3 Å². The summed E-state index contributed by atoms with van der Waals surface area (Å²) in [6.07, 6.45) is 5.44. The molecule has 3 heteroatoms. The summed E-state index contributed by atoms with van der Waals surface area (Å²) < 4.78 is 0. The number of carboxylic acid groups (broad SMARTS) is 1. The molecule has 0 saturated heterocycles. The Balaban J connectivity index is 4.76. The maximum Gasteiger partial charge on any atom is 0.309 e. The van der Waals surface area contributed by atoms with Crippen molar-refractivity contribution < 1.29 is 9.90 Å². The number of rotatable bonds is 6. The lowest BCUT2D eigenvalue weighted by molar-refractivity contribution is -0.148. The highest BCUT2D eigenvalue weighted by atomic mass is 32.3. The lowest BCUT2D eigenvalue weighted by Gasteiger charge is -2.44. The second-order valence-electron chi connectivity index (χ2n) is 7.35. The molecule has 0 aromatic heterocycles. The molecule has 0 bridgehead atoms. The Labute approximate surface area is 108 Å². The fourth-order valence-electron chi connectivity index (χ4n) is 2.50. The van der Waals surface area contributed by atoms with E-state index in [-0.39, 0.29) is 5.41 Å². The van der Waals surface area contributed by atoms with Crippen LogP contribution in [0.4, 0.5) is 0 Å². The maximum atomic E-state index is 11.2. The van der Waals surface area contributed by atoms with Crippen LogP contribution in [0.3, 0.4) is 0 Å². The van der Waals surface area contributed by atoms with E-state index in [9.17, 15) is 9.90 Å². The van der Waals surface area contributed by atoms with Crippen LogP contribution in [0.2, 0.25) is 0 Å². The average molecular weight is 262 g/mol. The maximum absolute atomic E-state index is 11.2. The van der Waals surface area contributed by atoms with Crippen LogP contribution in [0.25, 0.3) is 0 Å². The Hall–Kier alpha value is -0.180. The minimum absolute atomic E-state index is 0.0883. The van der Waals surface area contributed by atoms with E-state index in [2.05, 4.69) is 40.2 Å². The van der Waals surface area contributed by atoms with Gasteiger partial charge in [-0.2, -0.15) is 0 Å². The standard InChI is InChI=1S/C14H30O2S/c1-11(2)17(7,8)10-13(3,4)9-14(5,6)12(15)16/h11H,9-10H2,1-8H3,(H,15,16). The summed E-state index contributed by atoms with van der Waals surface area (Å²) in [5.74, 6) is 0.442. The fraction of sp³-hybridized carbons (Fsp3) is 0.929. The van der Waals surface area contributed by atoms with Crippen LogP contribution in [-0.4, -0.2) is 34.6 Å². The SMILES string of the molecule is CC(C)S(C)(C)CC(C)(C)CC(C)(C)C(=O)O. The molecule has 0 atom stereocenters. The number of hydrogen-bond donors (Lipinski definition) is 1. The molecular formula is C14H30O2S. The van der Waals surface area contributed by atoms with Crippen molar-refractivity contribution in [3.63, 3.8) is 0 Å². The van der Waals surface area contributed by atoms with Crippen LogP contribution < -0.4 is 0 Å². The van der Waals surface area contributed by atoms with E-state index >= 15 is 0 Å². The van der Waals surface area contributed by atoms with E-state index in [4.69, 9.17) is 0 Å². The predicted octanol–water partition coefficient (Wildman–Crippen LogP) is 3.99. The molecule has 0 aromatic rings. The first-order valence-electron chi connectivity index (χ1n) is 6.23. The summed E-state index contributed by atoms with van der Waals surface area (Å²) in [5, 5.41) is 9.91. The number of carboxylic acids is 1. The minimum Gasteiger partial charge on any atom is -0.481 e. The van der Waals surface area contributed by atoms with Gasteiger partial charge in [0.1, 0.15) is 0 Å². The van der Waals surface area contributed by atoms with E-state index in [0.717, 1.165) is 12.2 Å². The van der Waals surface area contributed by atoms with Crippen LogP contribution in [0, 0.1) is 10.8 Å². The first kappa shape index (κ1) is 16.8. The van der Waals surface area contributed by atoms with Crippen molar-refractivity contribution >= 4 is 16.0 Å². The molecule has 0 aliphatic carbocycles. The summed E-state index contributed by atoms with van der Waals surface area (Å²) in [6.45, 7) is 12.6. The van der Waals surface area contributed by atoms with Crippen molar-refractivity contribution in [3.8, 4) is 0 Å². The average Bonchev–Trinajstić information content (AvgIpc) is 1.98. The van der Waals surface area contributed by atoms with Crippen molar-refractivity contribution in [1.29, 1.82) is 0 Å². The number of carbonyl (C=O) groups is 1. The largest absolute Gasteiger partial charge is 0.481 e. The van der Waals surface area contributed by atoms with E-state index in [1.54, 1.807) is 0 Å². The van der Waals surface area contributed by atoms with Gasteiger partial charge in [0.2, 0.25) is 0 Å². The van der Waals surface area contributed by atoms with Gasteiger partial charge in [0.15, 0.2) is 0 Å². The summed E-state index contributed by atoms with van der Waals surface area (Å²) in [6, 6.07) is 0. The van der Waals surface area contributed by atoms with E-state index in [1.807, 2.05) is 13.8 Å². The molecule has 0 heterocycles. The molecule has 0 rings (SSSR count). The molecule has 0 aromatic carbocycles. The zero-order valence-corrected chi connectivity index (χ0v) is 13.6. The molecule has 0 amide bonds. The minimum atomic E-state index is -0.692. The molecule has 0 aliphatic heterocycles. The van der Waals surface area contributed by atoms with Gasteiger partial charge < -0.3 is 5.11 Å². The molecule has 0 unspecified atom stereocenters. The Morgan fingerprint density at radius 3 is 1.88 bits per heavy atom. The van der Waals surface area contributed by atoms with Gasteiger partial charge >= 0.3 is 5.97 Å². The molecule has 1 N–H and O–H groups in total. The number of aliphatic carboxylic acids is 1. The first-order chi connectivity index (χ1) is 7.30. The lowest BCUT2D eigenvalue weighted by Crippen LogP contribution is -2.34. The highest BCUT2D eigenvalue weighted by Crippen LogP contribution is 2.51. The molecule has 0 fully saturated rings. The highest BCUT2D eigenvalue weighted by Gasteiger charge is 2.37. The van der Waals surface area contributed by atoms with Gasteiger partial charge in [-0.15, -0.1) is 0 Å². The molecule has 0 radical (unpaired) electrons. The van der Waals surface area contributed by atoms with Crippen LogP contribution in [0.15, 0.2) is 0 Å². The van der Waals surface area contributed by atoms with Gasteiger partial charge in [-0.25, -0.2) is 10.0 Å². The number of hydrogen-bond acceptors (Lipinski definition) is 1. The third kappa shape index (κ3) is 5.33. The van der Waals surface area contributed by atoms with Crippen LogP contribution in [0.5, 0.6) is 0 Å². The second-order valence-corrected chi connectivity index (χ2v) is 11.8.